The number of fused-ring (bicyclic) bond motifs is 14. The molecule has 0 radical (unpaired) electrons. The van der Waals surface area contributed by atoms with Crippen molar-refractivity contribution in [2.75, 3.05) is 9.80 Å². The molecule has 3 aliphatic carbocycles. The van der Waals surface area contributed by atoms with Gasteiger partial charge in [-0.25, -0.2) is 0 Å². The third-order valence-corrected chi connectivity index (χ3v) is 20.9. The van der Waals surface area contributed by atoms with Gasteiger partial charge in [-0.2, -0.15) is 0 Å². The number of nitrogens with zero attached hydrogens (tertiary/aromatic N) is 2. The molecule has 2 heteroatoms. The average Bonchev–Trinajstić information content (AvgIpc) is 4.08. The van der Waals surface area contributed by atoms with Gasteiger partial charge < -0.3 is 9.80 Å². The molecule has 0 spiro atoms. The SMILES string of the molecule is CC12CCCCCC1(C)N(c1ccccc1)c1ccc(-c3ccc4c(c3)C(c3ccccc3)(c3ccccc3)c3c-4c4ccccc4c4cc(-c5ccc6c(c5)C5(C)CCCCCC5(C)N6c5ccccc5)ccc34)cc12. The second-order valence-electron chi connectivity index (χ2n) is 24.4. The summed E-state index contributed by atoms with van der Waals surface area (Å²) in [5, 5.41) is 5.23. The van der Waals surface area contributed by atoms with Gasteiger partial charge in [-0.05, 0) is 189 Å². The fourth-order valence-electron chi connectivity index (χ4n) is 16.7. The number of hydrogen-bond donors (Lipinski definition) is 0. The first-order chi connectivity index (χ1) is 37.7. The van der Waals surface area contributed by atoms with E-state index in [-0.39, 0.29) is 21.9 Å². The highest BCUT2D eigenvalue weighted by Gasteiger charge is 2.58. The molecule has 10 aromatic rings. The Balaban J connectivity index is 0.945. The van der Waals surface area contributed by atoms with E-state index in [0.717, 1.165) is 0 Å². The number of para-hydroxylation sites is 2. The third kappa shape index (κ3) is 6.36. The van der Waals surface area contributed by atoms with Crippen molar-refractivity contribution in [1.29, 1.82) is 0 Å². The van der Waals surface area contributed by atoms with Crippen molar-refractivity contribution in [3.63, 3.8) is 0 Å². The largest absolute Gasteiger partial charge is 0.334 e. The van der Waals surface area contributed by atoms with Gasteiger partial charge >= 0.3 is 0 Å². The van der Waals surface area contributed by atoms with Crippen LogP contribution >= 0.6 is 0 Å². The highest BCUT2D eigenvalue weighted by atomic mass is 15.3. The summed E-state index contributed by atoms with van der Waals surface area (Å²) in [6.45, 7) is 10.3. The molecule has 0 saturated heterocycles. The van der Waals surface area contributed by atoms with Crippen molar-refractivity contribution in [2.24, 2.45) is 0 Å². The van der Waals surface area contributed by atoms with Crippen LogP contribution in [0.5, 0.6) is 0 Å². The van der Waals surface area contributed by atoms with Gasteiger partial charge in [0.1, 0.15) is 0 Å². The van der Waals surface area contributed by atoms with Crippen LogP contribution < -0.4 is 9.80 Å². The maximum Gasteiger partial charge on any atom is 0.0720 e. The van der Waals surface area contributed by atoms with Crippen molar-refractivity contribution in [3.8, 4) is 33.4 Å². The lowest BCUT2D eigenvalue weighted by molar-refractivity contribution is 0.261. The highest BCUT2D eigenvalue weighted by Crippen LogP contribution is 2.64. The van der Waals surface area contributed by atoms with Crippen LogP contribution in [0.25, 0.3) is 54.9 Å². The fourth-order valence-corrected chi connectivity index (χ4v) is 16.7. The molecule has 378 valence electrons. The predicted octanol–water partition coefficient (Wildman–Crippen LogP) is 20.0. The molecule has 2 aliphatic heterocycles. The molecule has 5 aliphatic rings. The number of anilines is 4. The van der Waals surface area contributed by atoms with E-state index in [9.17, 15) is 0 Å². The summed E-state index contributed by atoms with van der Waals surface area (Å²) in [6, 6.07) is 84.5. The zero-order chi connectivity index (χ0) is 51.7. The molecule has 2 heterocycles. The molecule has 0 bridgehead atoms. The van der Waals surface area contributed by atoms with E-state index in [1.165, 1.54) is 175 Å². The lowest BCUT2D eigenvalue weighted by Gasteiger charge is -2.46. The minimum atomic E-state index is -0.604. The highest BCUT2D eigenvalue weighted by molar-refractivity contribution is 6.20. The first-order valence-electron chi connectivity index (χ1n) is 28.9. The van der Waals surface area contributed by atoms with Gasteiger partial charge in [-0.1, -0.05) is 210 Å². The van der Waals surface area contributed by atoms with Crippen LogP contribution in [0.1, 0.15) is 125 Å². The number of hydrogen-bond acceptors (Lipinski definition) is 2. The smallest absolute Gasteiger partial charge is 0.0720 e. The average molecular weight is 997 g/mol. The van der Waals surface area contributed by atoms with Gasteiger partial charge in [-0.15, -0.1) is 0 Å². The van der Waals surface area contributed by atoms with E-state index >= 15 is 0 Å². The predicted molar refractivity (Wildman–Crippen MR) is 324 cm³/mol. The molecule has 10 aromatic carbocycles. The van der Waals surface area contributed by atoms with Crippen LogP contribution in [0.2, 0.25) is 0 Å². The van der Waals surface area contributed by atoms with Crippen LogP contribution in [0, 0.1) is 0 Å². The molecular formula is C75H68N2. The summed E-state index contributed by atoms with van der Waals surface area (Å²) in [6.07, 6.45) is 12.4. The molecule has 4 atom stereocenters. The molecule has 2 nitrogen and oxygen atoms in total. The summed E-state index contributed by atoms with van der Waals surface area (Å²) in [5.41, 5.74) is 20.8. The Morgan fingerprint density at radius 2 is 0.740 bits per heavy atom. The van der Waals surface area contributed by atoms with Crippen molar-refractivity contribution in [2.45, 2.75) is 119 Å². The second-order valence-corrected chi connectivity index (χ2v) is 24.4. The molecule has 4 unspecified atom stereocenters. The molecule has 0 N–H and O–H groups in total. The van der Waals surface area contributed by atoms with Gasteiger partial charge in [-0.3, -0.25) is 0 Å². The van der Waals surface area contributed by atoms with Crippen molar-refractivity contribution < 1.29 is 0 Å². The maximum absolute atomic E-state index is 2.71. The second kappa shape index (κ2) is 17.2. The maximum atomic E-state index is 2.71. The van der Waals surface area contributed by atoms with E-state index in [4.69, 9.17) is 0 Å². The summed E-state index contributed by atoms with van der Waals surface area (Å²) < 4.78 is 0. The van der Waals surface area contributed by atoms with Crippen LogP contribution in [0.15, 0.2) is 218 Å². The summed E-state index contributed by atoms with van der Waals surface area (Å²) in [7, 11) is 0. The Morgan fingerprint density at radius 3 is 1.26 bits per heavy atom. The monoisotopic (exact) mass is 997 g/mol. The van der Waals surface area contributed by atoms with Crippen LogP contribution in [0.4, 0.5) is 22.7 Å². The Labute approximate surface area is 456 Å². The summed E-state index contributed by atoms with van der Waals surface area (Å²) >= 11 is 0. The minimum absolute atomic E-state index is 0.00225. The first kappa shape index (κ1) is 46.6. The Bertz CT molecular complexity index is 3920. The Morgan fingerprint density at radius 1 is 0.325 bits per heavy atom. The van der Waals surface area contributed by atoms with Crippen molar-refractivity contribution >= 4 is 44.3 Å². The normalized spacial score (nSPS) is 23.8. The zero-order valence-corrected chi connectivity index (χ0v) is 45.3. The minimum Gasteiger partial charge on any atom is -0.334 e. The Hall–Kier alpha value is -7.68. The molecule has 15 rings (SSSR count). The molecule has 77 heavy (non-hydrogen) atoms. The zero-order valence-electron chi connectivity index (χ0n) is 45.3. The quantitative estimate of drug-likeness (QED) is 0.153. The van der Waals surface area contributed by atoms with Gasteiger partial charge in [0.15, 0.2) is 0 Å². The van der Waals surface area contributed by atoms with E-state index in [2.05, 4.69) is 256 Å². The lowest BCUT2D eigenvalue weighted by Crippen LogP contribution is -2.52. The summed E-state index contributed by atoms with van der Waals surface area (Å²) in [4.78, 5) is 5.42. The standard InChI is InChI=1S/C75H68N2/c1-71-43-21-9-23-45-73(71,3)76(57-29-15-7-16-30-57)67-41-37-53(49-65(67)71)51-35-39-61-63(47-51)59-33-19-20-34-60(59)69-62-40-36-52(48-64(62)75(70(61)69,55-25-11-5-12-26-55)56-27-13-6-14-28-56)54-38-42-68-66(50-54)72(2)44-22-10-24-46-74(72,4)77(68)58-31-17-8-18-32-58/h5-8,11-20,25-42,47-50H,9-10,21-24,43-46H2,1-4H3. The topological polar surface area (TPSA) is 6.48 Å². The van der Waals surface area contributed by atoms with Crippen LogP contribution in [0.3, 0.4) is 0 Å². The van der Waals surface area contributed by atoms with Crippen LogP contribution in [-0.4, -0.2) is 11.1 Å². The molecule has 0 aromatic heterocycles. The van der Waals surface area contributed by atoms with Crippen molar-refractivity contribution in [1.82, 2.24) is 0 Å². The third-order valence-electron chi connectivity index (χ3n) is 20.9. The number of rotatable bonds is 6. The molecule has 2 saturated carbocycles. The van der Waals surface area contributed by atoms with E-state index in [1.807, 2.05) is 0 Å². The van der Waals surface area contributed by atoms with Gasteiger partial charge in [0.2, 0.25) is 0 Å². The van der Waals surface area contributed by atoms with E-state index in [0.29, 0.717) is 0 Å². The van der Waals surface area contributed by atoms with Gasteiger partial charge in [0, 0.05) is 33.6 Å². The van der Waals surface area contributed by atoms with E-state index in [1.54, 1.807) is 0 Å². The number of benzene rings is 10. The molecule has 0 amide bonds. The fraction of sp³-hybridized carbons (Fsp3) is 0.253. The van der Waals surface area contributed by atoms with Crippen LogP contribution in [-0.2, 0) is 16.2 Å². The van der Waals surface area contributed by atoms with Crippen molar-refractivity contribution in [3.05, 3.63) is 252 Å². The molecular weight excluding hydrogens is 929 g/mol. The van der Waals surface area contributed by atoms with Gasteiger partial charge in [0.25, 0.3) is 0 Å². The molecule has 2 fully saturated rings. The lowest BCUT2D eigenvalue weighted by atomic mass is 9.65. The first-order valence-corrected chi connectivity index (χ1v) is 28.9. The Kier molecular flexibility index (Phi) is 10.4. The van der Waals surface area contributed by atoms with E-state index < -0.39 is 5.41 Å². The van der Waals surface area contributed by atoms with Gasteiger partial charge in [0.05, 0.1) is 16.5 Å². The summed E-state index contributed by atoms with van der Waals surface area (Å²) in [5.74, 6) is 0.